The number of hydrogen-bond acceptors (Lipinski definition) is 3. The molecule has 1 atom stereocenters. The summed E-state index contributed by atoms with van der Waals surface area (Å²) in [5, 5.41) is 0. The Kier molecular flexibility index (Phi) is 11.6. The highest BCUT2D eigenvalue weighted by Gasteiger charge is 2.22. The number of carbonyl (C=O) groups excluding carboxylic acids is 1. The maximum Gasteiger partial charge on any atom is 0.152 e. The fraction of sp³-hybridized carbons (Fsp3) is 0.522. The highest BCUT2D eigenvalue weighted by atomic mass is 16.5. The Balaban J connectivity index is 0.000000359. The fourth-order valence-corrected chi connectivity index (χ4v) is 2.96. The van der Waals surface area contributed by atoms with Crippen LogP contribution in [0.15, 0.2) is 54.6 Å². The van der Waals surface area contributed by atoms with E-state index in [9.17, 15) is 4.79 Å². The first-order chi connectivity index (χ1) is 12.6. The zero-order chi connectivity index (χ0) is 19.2. The number of rotatable bonds is 7. The second-order valence-electron chi connectivity index (χ2n) is 7.05. The van der Waals surface area contributed by atoms with Gasteiger partial charge in [0.15, 0.2) is 5.78 Å². The molecule has 1 aliphatic rings. The first kappa shape index (κ1) is 22.3. The maximum atomic E-state index is 10.2. The molecule has 144 valence electrons. The van der Waals surface area contributed by atoms with Crippen LogP contribution in [0.25, 0.3) is 0 Å². The van der Waals surface area contributed by atoms with Crippen molar-refractivity contribution in [3.05, 3.63) is 60.2 Å². The van der Waals surface area contributed by atoms with Crippen LogP contribution in [0.2, 0.25) is 0 Å². The number of allylic oxidation sites excluding steroid dienone is 4. The van der Waals surface area contributed by atoms with E-state index in [-0.39, 0.29) is 5.78 Å². The number of nitrogens with two attached hydrogens (primary N) is 1. The zero-order valence-corrected chi connectivity index (χ0v) is 16.6. The average Bonchev–Trinajstić information content (AvgIpc) is 2.67. The summed E-state index contributed by atoms with van der Waals surface area (Å²) in [6, 6.07) is 10.9. The van der Waals surface area contributed by atoms with Gasteiger partial charge in [0, 0.05) is 0 Å². The number of benzene rings is 1. The van der Waals surface area contributed by atoms with E-state index in [1.165, 1.54) is 44.2 Å². The highest BCUT2D eigenvalue weighted by molar-refractivity contribution is 5.87. The van der Waals surface area contributed by atoms with Crippen molar-refractivity contribution in [2.45, 2.75) is 58.5 Å². The lowest BCUT2D eigenvalue weighted by Crippen LogP contribution is -2.25. The molecule has 0 spiro atoms. The zero-order valence-electron chi connectivity index (χ0n) is 16.6. The second kappa shape index (κ2) is 13.5. The Morgan fingerprint density at radius 2 is 1.85 bits per heavy atom. The van der Waals surface area contributed by atoms with Crippen LogP contribution in [0.3, 0.4) is 0 Å². The quantitative estimate of drug-likeness (QED) is 0.550. The van der Waals surface area contributed by atoms with Gasteiger partial charge in [0.25, 0.3) is 0 Å². The van der Waals surface area contributed by atoms with Gasteiger partial charge < -0.3 is 10.5 Å². The van der Waals surface area contributed by atoms with Gasteiger partial charge >= 0.3 is 0 Å². The minimum atomic E-state index is 0.0862. The SMILES string of the molecule is C/C=C\C=C/C(C)=O.CC(CN)COC1CCC(c2ccccc2)CC1. The topological polar surface area (TPSA) is 52.3 Å². The molecule has 2 N–H and O–H groups in total. The molecule has 0 aliphatic heterocycles. The Morgan fingerprint density at radius 1 is 1.19 bits per heavy atom. The predicted molar refractivity (Wildman–Crippen MR) is 110 cm³/mol. The van der Waals surface area contributed by atoms with Crippen molar-refractivity contribution in [3.8, 4) is 0 Å². The molecule has 0 bridgehead atoms. The maximum absolute atomic E-state index is 10.2. The Hall–Kier alpha value is -1.71. The Labute approximate surface area is 159 Å². The summed E-state index contributed by atoms with van der Waals surface area (Å²) in [6.45, 7) is 7.12. The molecule has 1 aromatic carbocycles. The normalized spacial score (nSPS) is 21.4. The summed E-state index contributed by atoms with van der Waals surface area (Å²) in [4.78, 5) is 10.2. The van der Waals surface area contributed by atoms with Gasteiger partial charge in [0.2, 0.25) is 0 Å². The molecule has 1 unspecified atom stereocenters. The van der Waals surface area contributed by atoms with Gasteiger partial charge in [-0.05, 0) is 69.6 Å². The van der Waals surface area contributed by atoms with Crippen LogP contribution in [0.4, 0.5) is 0 Å². The van der Waals surface area contributed by atoms with Crippen molar-refractivity contribution in [2.24, 2.45) is 11.7 Å². The number of hydrogen-bond donors (Lipinski definition) is 1. The number of ether oxygens (including phenoxy) is 1. The minimum Gasteiger partial charge on any atom is -0.378 e. The predicted octanol–water partition coefficient (Wildman–Crippen LogP) is 5.03. The van der Waals surface area contributed by atoms with Gasteiger partial charge in [0.05, 0.1) is 12.7 Å². The van der Waals surface area contributed by atoms with Crippen LogP contribution in [-0.4, -0.2) is 25.0 Å². The van der Waals surface area contributed by atoms with Crippen LogP contribution >= 0.6 is 0 Å². The van der Waals surface area contributed by atoms with Crippen LogP contribution in [0.5, 0.6) is 0 Å². The summed E-state index contributed by atoms with van der Waals surface area (Å²) in [7, 11) is 0. The third kappa shape index (κ3) is 9.69. The van der Waals surface area contributed by atoms with E-state index < -0.39 is 0 Å². The average molecular weight is 358 g/mol. The lowest BCUT2D eigenvalue weighted by molar-refractivity contribution is -0.112. The molecule has 1 saturated carbocycles. The summed E-state index contributed by atoms with van der Waals surface area (Å²) in [5.41, 5.74) is 7.10. The molecule has 0 aromatic heterocycles. The standard InChI is InChI=1S/C16H25NO.C7H10O/c1-13(11-17)12-18-16-9-7-15(8-10-16)14-5-3-2-4-6-14;1-3-4-5-6-7(2)8/h2-6,13,15-16H,7-12,17H2,1H3;3-6H,1-2H3/b;4-3-,6-5-. The molecule has 0 saturated heterocycles. The van der Waals surface area contributed by atoms with E-state index in [4.69, 9.17) is 10.5 Å². The third-order valence-corrected chi connectivity index (χ3v) is 4.60. The summed E-state index contributed by atoms with van der Waals surface area (Å²) >= 11 is 0. The largest absolute Gasteiger partial charge is 0.378 e. The Morgan fingerprint density at radius 3 is 2.38 bits per heavy atom. The molecular weight excluding hydrogens is 322 g/mol. The number of carbonyl (C=O) groups is 1. The molecule has 3 heteroatoms. The van der Waals surface area contributed by atoms with Gasteiger partial charge in [-0.1, -0.05) is 55.5 Å². The van der Waals surface area contributed by atoms with Gasteiger partial charge in [-0.3, -0.25) is 4.79 Å². The van der Waals surface area contributed by atoms with Gasteiger partial charge in [0.1, 0.15) is 0 Å². The van der Waals surface area contributed by atoms with Crippen LogP contribution in [-0.2, 0) is 9.53 Å². The summed E-state index contributed by atoms with van der Waals surface area (Å²) in [5.74, 6) is 1.30. The first-order valence-corrected chi connectivity index (χ1v) is 9.73. The van der Waals surface area contributed by atoms with E-state index in [1.807, 2.05) is 19.1 Å². The van der Waals surface area contributed by atoms with Gasteiger partial charge in [-0.15, -0.1) is 0 Å². The van der Waals surface area contributed by atoms with E-state index in [2.05, 4.69) is 37.3 Å². The van der Waals surface area contributed by atoms with E-state index in [0.717, 1.165) is 19.1 Å². The van der Waals surface area contributed by atoms with Crippen molar-refractivity contribution in [1.29, 1.82) is 0 Å². The lowest BCUT2D eigenvalue weighted by Gasteiger charge is -2.29. The molecule has 3 nitrogen and oxygen atoms in total. The third-order valence-electron chi connectivity index (χ3n) is 4.60. The van der Waals surface area contributed by atoms with Crippen molar-refractivity contribution < 1.29 is 9.53 Å². The molecule has 2 rings (SSSR count). The molecule has 0 heterocycles. The molecular formula is C23H35NO2. The first-order valence-electron chi connectivity index (χ1n) is 9.73. The summed E-state index contributed by atoms with van der Waals surface area (Å²) in [6.07, 6.45) is 12.3. The van der Waals surface area contributed by atoms with Crippen molar-refractivity contribution in [2.75, 3.05) is 13.2 Å². The van der Waals surface area contributed by atoms with E-state index in [1.54, 1.807) is 6.08 Å². The van der Waals surface area contributed by atoms with Crippen LogP contribution < -0.4 is 5.73 Å². The molecule has 0 amide bonds. The molecule has 26 heavy (non-hydrogen) atoms. The van der Waals surface area contributed by atoms with Crippen LogP contribution in [0, 0.1) is 5.92 Å². The Bertz CT molecular complexity index is 543. The van der Waals surface area contributed by atoms with Crippen molar-refractivity contribution in [3.63, 3.8) is 0 Å². The molecule has 0 radical (unpaired) electrons. The van der Waals surface area contributed by atoms with Crippen molar-refractivity contribution in [1.82, 2.24) is 0 Å². The molecule has 1 fully saturated rings. The van der Waals surface area contributed by atoms with E-state index in [0.29, 0.717) is 12.0 Å². The summed E-state index contributed by atoms with van der Waals surface area (Å²) < 4.78 is 5.94. The smallest absolute Gasteiger partial charge is 0.152 e. The number of ketones is 1. The fourth-order valence-electron chi connectivity index (χ4n) is 2.96. The van der Waals surface area contributed by atoms with E-state index >= 15 is 0 Å². The van der Waals surface area contributed by atoms with Gasteiger partial charge in [-0.2, -0.15) is 0 Å². The second-order valence-corrected chi connectivity index (χ2v) is 7.05. The monoisotopic (exact) mass is 357 g/mol. The highest BCUT2D eigenvalue weighted by Crippen LogP contribution is 2.33. The molecule has 1 aliphatic carbocycles. The van der Waals surface area contributed by atoms with Crippen LogP contribution in [0.1, 0.15) is 57.9 Å². The van der Waals surface area contributed by atoms with Gasteiger partial charge in [-0.25, -0.2) is 0 Å². The van der Waals surface area contributed by atoms with Crippen molar-refractivity contribution >= 4 is 5.78 Å². The lowest BCUT2D eigenvalue weighted by atomic mass is 9.83. The minimum absolute atomic E-state index is 0.0862. The molecule has 1 aromatic rings.